The van der Waals surface area contributed by atoms with Gasteiger partial charge in [-0.15, -0.1) is 0 Å². The molecule has 2 aromatic carbocycles. The lowest BCUT2D eigenvalue weighted by atomic mass is 10.0. The lowest BCUT2D eigenvalue weighted by molar-refractivity contribution is 0.298. The number of nitrogens with zero attached hydrogens (tertiary/aromatic N) is 3. The van der Waals surface area contributed by atoms with Gasteiger partial charge in [-0.05, 0) is 74.2 Å². The summed E-state index contributed by atoms with van der Waals surface area (Å²) in [6, 6.07) is 17.9. The fourth-order valence-electron chi connectivity index (χ4n) is 4.56. The molecule has 0 fully saturated rings. The quantitative estimate of drug-likeness (QED) is 0.311. The Bertz CT molecular complexity index is 1250. The van der Waals surface area contributed by atoms with Crippen LogP contribution in [0.4, 0.5) is 5.82 Å². The standard InChI is InChI=1S/C29H37N5/c1-5-34(6-2)16-15-31-21(4)24-12-10-22(11-13-24)8-9-23-18-26-25-14-7-20(3)17-27(25)33-29(30)28(26)32-19-23/h7,10-14,17-19,21,31H,5-6,8-9,15-16H2,1-4H3,(H2,30,33). The molecular formula is C29H37N5. The molecule has 2 aromatic heterocycles. The number of hydrogen-bond donors (Lipinski definition) is 2. The normalized spacial score (nSPS) is 12.6. The van der Waals surface area contributed by atoms with Crippen molar-refractivity contribution in [2.75, 3.05) is 31.9 Å². The topological polar surface area (TPSA) is 67.1 Å². The molecule has 3 N–H and O–H groups in total. The van der Waals surface area contributed by atoms with Crippen LogP contribution in [-0.2, 0) is 12.8 Å². The molecule has 5 heteroatoms. The number of rotatable bonds is 10. The number of anilines is 1. The molecule has 4 rings (SSSR count). The zero-order chi connectivity index (χ0) is 24.1. The molecule has 0 aliphatic heterocycles. The van der Waals surface area contributed by atoms with Crippen molar-refractivity contribution >= 4 is 27.6 Å². The molecule has 0 aliphatic carbocycles. The average Bonchev–Trinajstić information content (AvgIpc) is 2.85. The molecule has 0 bridgehead atoms. The Balaban J connectivity index is 1.41. The molecule has 5 nitrogen and oxygen atoms in total. The van der Waals surface area contributed by atoms with Crippen molar-refractivity contribution in [3.8, 4) is 0 Å². The van der Waals surface area contributed by atoms with Gasteiger partial charge < -0.3 is 16.0 Å². The number of benzene rings is 2. The number of pyridine rings is 2. The molecule has 34 heavy (non-hydrogen) atoms. The van der Waals surface area contributed by atoms with Gasteiger partial charge in [0.15, 0.2) is 5.82 Å². The minimum atomic E-state index is 0.352. The van der Waals surface area contributed by atoms with Crippen molar-refractivity contribution in [3.05, 3.63) is 77.0 Å². The second-order valence-corrected chi connectivity index (χ2v) is 9.20. The number of hydrogen-bond acceptors (Lipinski definition) is 5. The van der Waals surface area contributed by atoms with Crippen molar-refractivity contribution in [1.29, 1.82) is 0 Å². The summed E-state index contributed by atoms with van der Waals surface area (Å²) < 4.78 is 0. The minimum Gasteiger partial charge on any atom is -0.382 e. The summed E-state index contributed by atoms with van der Waals surface area (Å²) in [4.78, 5) is 11.7. The lowest BCUT2D eigenvalue weighted by Crippen LogP contribution is -2.33. The third-order valence-electron chi connectivity index (χ3n) is 6.83. The summed E-state index contributed by atoms with van der Waals surface area (Å²) in [5, 5.41) is 5.84. The highest BCUT2D eigenvalue weighted by Gasteiger charge is 2.10. The molecule has 1 unspecified atom stereocenters. The molecule has 0 saturated carbocycles. The molecule has 4 aromatic rings. The van der Waals surface area contributed by atoms with E-state index < -0.39 is 0 Å². The maximum atomic E-state index is 6.20. The first-order valence-corrected chi connectivity index (χ1v) is 12.5. The van der Waals surface area contributed by atoms with Crippen LogP contribution in [0, 0.1) is 6.92 Å². The number of aromatic nitrogens is 2. The molecule has 1 atom stereocenters. The zero-order valence-electron chi connectivity index (χ0n) is 20.9. The van der Waals surface area contributed by atoms with E-state index in [-0.39, 0.29) is 0 Å². The molecule has 178 valence electrons. The van der Waals surface area contributed by atoms with E-state index in [2.05, 4.69) is 96.4 Å². The molecule has 0 spiro atoms. The van der Waals surface area contributed by atoms with Crippen LogP contribution in [0.2, 0.25) is 0 Å². The first kappa shape index (κ1) is 24.1. The van der Waals surface area contributed by atoms with Crippen LogP contribution in [0.15, 0.2) is 54.7 Å². The first-order chi connectivity index (χ1) is 16.5. The number of likely N-dealkylation sites (N-methyl/N-ethyl adjacent to an activating group) is 1. The molecule has 2 heterocycles. The largest absolute Gasteiger partial charge is 0.382 e. The molecular weight excluding hydrogens is 418 g/mol. The molecule has 0 saturated heterocycles. The predicted molar refractivity (Wildman–Crippen MR) is 144 cm³/mol. The highest BCUT2D eigenvalue weighted by molar-refractivity contribution is 6.08. The van der Waals surface area contributed by atoms with E-state index in [1.165, 1.54) is 22.3 Å². The van der Waals surface area contributed by atoms with Gasteiger partial charge in [0.25, 0.3) is 0 Å². The number of nitrogens with two attached hydrogens (primary N) is 1. The summed E-state index contributed by atoms with van der Waals surface area (Å²) >= 11 is 0. The highest BCUT2D eigenvalue weighted by atomic mass is 15.1. The lowest BCUT2D eigenvalue weighted by Gasteiger charge is -2.20. The zero-order valence-corrected chi connectivity index (χ0v) is 20.9. The van der Waals surface area contributed by atoms with E-state index in [1.807, 2.05) is 6.20 Å². The smallest absolute Gasteiger partial charge is 0.150 e. The first-order valence-electron chi connectivity index (χ1n) is 12.5. The van der Waals surface area contributed by atoms with Crippen molar-refractivity contribution in [2.45, 2.75) is 46.6 Å². The van der Waals surface area contributed by atoms with Crippen LogP contribution in [0.25, 0.3) is 21.8 Å². The third-order valence-corrected chi connectivity index (χ3v) is 6.83. The van der Waals surface area contributed by atoms with Crippen LogP contribution in [0.3, 0.4) is 0 Å². The summed E-state index contributed by atoms with van der Waals surface area (Å²) in [5.74, 6) is 0.495. The Kier molecular flexibility index (Phi) is 7.76. The predicted octanol–water partition coefficient (Wildman–Crippen LogP) is 5.45. The fourth-order valence-corrected chi connectivity index (χ4v) is 4.56. The van der Waals surface area contributed by atoms with Gasteiger partial charge in [-0.1, -0.05) is 50.2 Å². The Morgan fingerprint density at radius 3 is 2.41 bits per heavy atom. The van der Waals surface area contributed by atoms with Crippen LogP contribution >= 0.6 is 0 Å². The van der Waals surface area contributed by atoms with E-state index in [1.54, 1.807) is 0 Å². The van der Waals surface area contributed by atoms with Crippen molar-refractivity contribution in [2.24, 2.45) is 0 Å². The SMILES string of the molecule is CCN(CC)CCNC(C)c1ccc(CCc2cnc3c(N)nc4cc(C)ccc4c3c2)cc1. The second-order valence-electron chi connectivity index (χ2n) is 9.20. The molecule has 0 radical (unpaired) electrons. The summed E-state index contributed by atoms with van der Waals surface area (Å²) in [6.07, 6.45) is 3.86. The van der Waals surface area contributed by atoms with E-state index in [0.29, 0.717) is 11.9 Å². The van der Waals surface area contributed by atoms with E-state index in [9.17, 15) is 0 Å². The monoisotopic (exact) mass is 455 g/mol. The second kappa shape index (κ2) is 10.9. The van der Waals surface area contributed by atoms with Crippen LogP contribution in [0.1, 0.15) is 49.1 Å². The highest BCUT2D eigenvalue weighted by Crippen LogP contribution is 2.28. The van der Waals surface area contributed by atoms with Gasteiger partial charge in [0.05, 0.1) is 5.52 Å². The van der Waals surface area contributed by atoms with Crippen LogP contribution in [0.5, 0.6) is 0 Å². The number of aryl methyl sites for hydroxylation is 3. The summed E-state index contributed by atoms with van der Waals surface area (Å²) in [6.45, 7) is 13.1. The maximum absolute atomic E-state index is 6.20. The van der Waals surface area contributed by atoms with Crippen molar-refractivity contribution in [1.82, 2.24) is 20.2 Å². The number of nitrogens with one attached hydrogen (secondary N) is 1. The Hall–Kier alpha value is -3.02. The van der Waals surface area contributed by atoms with Gasteiger partial charge in [-0.25, -0.2) is 4.98 Å². The van der Waals surface area contributed by atoms with Gasteiger partial charge in [-0.2, -0.15) is 0 Å². The van der Waals surface area contributed by atoms with Gasteiger partial charge in [0.2, 0.25) is 0 Å². The maximum Gasteiger partial charge on any atom is 0.150 e. The summed E-state index contributed by atoms with van der Waals surface area (Å²) in [7, 11) is 0. The van der Waals surface area contributed by atoms with Gasteiger partial charge >= 0.3 is 0 Å². The van der Waals surface area contributed by atoms with Crippen LogP contribution < -0.4 is 11.1 Å². The van der Waals surface area contributed by atoms with Crippen molar-refractivity contribution in [3.63, 3.8) is 0 Å². The van der Waals surface area contributed by atoms with Crippen molar-refractivity contribution < 1.29 is 0 Å². The average molecular weight is 456 g/mol. The molecule has 0 amide bonds. The Morgan fingerprint density at radius 2 is 1.68 bits per heavy atom. The van der Waals surface area contributed by atoms with E-state index in [4.69, 9.17) is 5.73 Å². The van der Waals surface area contributed by atoms with Gasteiger partial charge in [0.1, 0.15) is 5.52 Å². The third kappa shape index (κ3) is 5.54. The fraction of sp³-hybridized carbons (Fsp3) is 0.379. The van der Waals surface area contributed by atoms with Gasteiger partial charge in [-0.3, -0.25) is 4.98 Å². The minimum absolute atomic E-state index is 0.352. The number of nitrogen functional groups attached to an aromatic ring is 1. The summed E-state index contributed by atoms with van der Waals surface area (Å²) in [5.41, 5.74) is 13.0. The molecule has 0 aliphatic rings. The van der Waals surface area contributed by atoms with E-state index in [0.717, 1.165) is 60.8 Å². The van der Waals surface area contributed by atoms with Gasteiger partial charge in [0, 0.05) is 36.1 Å². The Morgan fingerprint density at radius 1 is 0.941 bits per heavy atom. The van der Waals surface area contributed by atoms with Crippen LogP contribution in [-0.4, -0.2) is 41.0 Å². The Labute approximate surface area is 203 Å². The number of fused-ring (bicyclic) bond motifs is 3. The van der Waals surface area contributed by atoms with E-state index >= 15 is 0 Å².